The van der Waals surface area contributed by atoms with Gasteiger partial charge in [-0.25, -0.2) is 4.18 Å². The summed E-state index contributed by atoms with van der Waals surface area (Å²) in [5, 5.41) is 30.7. The normalized spacial score (nSPS) is 20.4. The van der Waals surface area contributed by atoms with E-state index in [9.17, 15) is 33.1 Å². The van der Waals surface area contributed by atoms with Crippen molar-refractivity contribution in [1.29, 1.82) is 0 Å². The summed E-state index contributed by atoms with van der Waals surface area (Å²) in [6.45, 7) is 3.96. The maximum atomic E-state index is 12.9. The van der Waals surface area contributed by atoms with Gasteiger partial charge in [0.2, 0.25) is 0 Å². The van der Waals surface area contributed by atoms with Crippen LogP contribution in [0.2, 0.25) is 0 Å². The molecule has 1 aliphatic heterocycles. The van der Waals surface area contributed by atoms with Gasteiger partial charge in [-0.15, -0.1) is 0 Å². The fourth-order valence-electron chi connectivity index (χ4n) is 7.29. The molecule has 4 N–H and O–H groups in total. The van der Waals surface area contributed by atoms with E-state index in [1.807, 2.05) is 0 Å². The van der Waals surface area contributed by atoms with E-state index in [0.29, 0.717) is 13.0 Å². The van der Waals surface area contributed by atoms with E-state index in [4.69, 9.17) is 18.9 Å². The molecule has 0 aromatic carbocycles. The Labute approximate surface area is 371 Å². The van der Waals surface area contributed by atoms with Gasteiger partial charge < -0.3 is 34.3 Å². The van der Waals surface area contributed by atoms with Gasteiger partial charge in [0.05, 0.1) is 19.8 Å². The number of hydrogen-bond donors (Lipinski definition) is 4. The van der Waals surface area contributed by atoms with Crippen LogP contribution in [0.15, 0.2) is 36.5 Å². The van der Waals surface area contributed by atoms with Gasteiger partial charge in [-0.3, -0.25) is 9.35 Å². The molecule has 0 bridgehead atoms. The number of rotatable bonds is 42. The molecule has 61 heavy (non-hydrogen) atoms. The zero-order valence-electron chi connectivity index (χ0n) is 38.2. The number of ether oxygens (including phenoxy) is 4. The minimum absolute atomic E-state index is 0.0295. The van der Waals surface area contributed by atoms with Gasteiger partial charge >= 0.3 is 16.4 Å². The summed E-state index contributed by atoms with van der Waals surface area (Å²) in [7, 11) is -5.06. The minimum atomic E-state index is -5.06. The quantitative estimate of drug-likeness (QED) is 0.0198. The average Bonchev–Trinajstić information content (AvgIpc) is 3.23. The van der Waals surface area contributed by atoms with Crippen LogP contribution in [0.25, 0.3) is 0 Å². The van der Waals surface area contributed by atoms with Crippen molar-refractivity contribution in [2.75, 3.05) is 26.4 Å². The molecule has 1 aliphatic rings. The maximum absolute atomic E-state index is 12.9. The number of aliphatic hydroxyl groups excluding tert-OH is 3. The molecule has 0 saturated carbocycles. The largest absolute Gasteiger partial charge is 0.457 e. The van der Waals surface area contributed by atoms with E-state index >= 15 is 0 Å². The van der Waals surface area contributed by atoms with Crippen LogP contribution in [-0.2, 0) is 38.3 Å². The highest BCUT2D eigenvalue weighted by Gasteiger charge is 2.48. The number of esters is 1. The van der Waals surface area contributed by atoms with E-state index in [1.54, 1.807) is 0 Å². The Balaban J connectivity index is 2.40. The molecule has 0 spiro atoms. The lowest BCUT2D eigenvalue weighted by molar-refractivity contribution is -0.301. The average molecular weight is 889 g/mol. The van der Waals surface area contributed by atoms with Crippen molar-refractivity contribution >= 4 is 16.4 Å². The monoisotopic (exact) mass is 889 g/mol. The molecule has 0 aromatic rings. The Hall–Kier alpha value is -1.68. The predicted octanol–water partition coefficient (Wildman–Crippen LogP) is 10.6. The second-order valence-electron chi connectivity index (χ2n) is 16.7. The fraction of sp³-hybridized carbons (Fsp3) is 0.854. The second kappa shape index (κ2) is 39.9. The summed E-state index contributed by atoms with van der Waals surface area (Å²) in [6, 6.07) is 0. The first-order chi connectivity index (χ1) is 29.6. The van der Waals surface area contributed by atoms with Crippen LogP contribution in [-0.4, -0.2) is 97.5 Å². The lowest BCUT2D eigenvalue weighted by Gasteiger charge is -2.41. The summed E-state index contributed by atoms with van der Waals surface area (Å²) in [5.74, 6) is -0.409. The molecule has 6 atom stereocenters. The van der Waals surface area contributed by atoms with E-state index in [-0.39, 0.29) is 19.6 Å². The fourth-order valence-corrected chi connectivity index (χ4v) is 7.79. The number of unbranched alkanes of at least 4 members (excludes halogenated alkanes) is 23. The molecule has 0 radical (unpaired) electrons. The third-order valence-corrected chi connectivity index (χ3v) is 11.5. The Morgan fingerprint density at radius 2 is 1.08 bits per heavy atom. The van der Waals surface area contributed by atoms with Crippen molar-refractivity contribution in [2.45, 2.75) is 237 Å². The first-order valence-electron chi connectivity index (χ1n) is 24.2. The highest BCUT2D eigenvalue weighted by Crippen LogP contribution is 2.26. The predicted molar refractivity (Wildman–Crippen MR) is 243 cm³/mol. The van der Waals surface area contributed by atoms with Crippen molar-refractivity contribution in [1.82, 2.24) is 0 Å². The molecule has 1 fully saturated rings. The zero-order chi connectivity index (χ0) is 44.7. The van der Waals surface area contributed by atoms with E-state index in [0.717, 1.165) is 70.6 Å². The number of carbonyl (C=O) groups excluding carboxylic acids is 1. The second-order valence-corrected chi connectivity index (χ2v) is 17.7. The van der Waals surface area contributed by atoms with Gasteiger partial charge in [0.1, 0.15) is 30.5 Å². The smallest absolute Gasteiger partial charge is 0.397 e. The first kappa shape index (κ1) is 57.3. The van der Waals surface area contributed by atoms with Crippen molar-refractivity contribution in [3.05, 3.63) is 36.5 Å². The summed E-state index contributed by atoms with van der Waals surface area (Å²) in [6.07, 6.45) is 37.4. The van der Waals surface area contributed by atoms with Crippen molar-refractivity contribution < 1.29 is 56.2 Å². The van der Waals surface area contributed by atoms with Crippen molar-refractivity contribution in [3.63, 3.8) is 0 Å². The lowest BCUT2D eigenvalue weighted by Crippen LogP contribution is -2.60. The molecule has 1 saturated heterocycles. The van der Waals surface area contributed by atoms with Gasteiger partial charge in [0.15, 0.2) is 6.29 Å². The third kappa shape index (κ3) is 33.5. The highest BCUT2D eigenvalue weighted by molar-refractivity contribution is 7.80. The molecule has 6 unspecified atom stereocenters. The molecular weight excluding hydrogens is 801 g/mol. The lowest BCUT2D eigenvalue weighted by atomic mass is 9.99. The van der Waals surface area contributed by atoms with Crippen molar-refractivity contribution in [3.8, 4) is 0 Å². The molecular formula is C48H88O12S. The van der Waals surface area contributed by atoms with Crippen LogP contribution >= 0.6 is 0 Å². The molecule has 358 valence electrons. The highest BCUT2D eigenvalue weighted by atomic mass is 32.3. The van der Waals surface area contributed by atoms with Gasteiger partial charge in [-0.1, -0.05) is 159 Å². The Morgan fingerprint density at radius 1 is 0.623 bits per heavy atom. The molecule has 0 aliphatic carbocycles. The molecule has 12 nitrogen and oxygen atoms in total. The Morgan fingerprint density at radius 3 is 1.59 bits per heavy atom. The maximum Gasteiger partial charge on any atom is 0.397 e. The zero-order valence-corrected chi connectivity index (χ0v) is 39.0. The van der Waals surface area contributed by atoms with Crippen LogP contribution in [0.4, 0.5) is 0 Å². The van der Waals surface area contributed by atoms with Gasteiger partial charge in [-0.05, 0) is 70.6 Å². The molecule has 1 rings (SSSR count). The van der Waals surface area contributed by atoms with Gasteiger partial charge in [0, 0.05) is 13.0 Å². The number of hydrogen-bond acceptors (Lipinski definition) is 11. The van der Waals surface area contributed by atoms with Crippen LogP contribution in [0.1, 0.15) is 200 Å². The molecule has 1 heterocycles. The van der Waals surface area contributed by atoms with Gasteiger partial charge in [0.25, 0.3) is 0 Å². The van der Waals surface area contributed by atoms with Crippen LogP contribution in [0, 0.1) is 0 Å². The SMILES string of the molecule is CCCCCC/C=C\C/C=C\CCCCCCCCCCOCC(COC1OC(CO)C(O)C(OS(=O)(=O)O)C1O)OC(=O)CCCCCCC/C=C\CCCCCCCC. The number of aliphatic hydroxyl groups is 3. The minimum Gasteiger partial charge on any atom is -0.457 e. The number of carbonyl (C=O) groups is 1. The van der Waals surface area contributed by atoms with Crippen LogP contribution in [0.5, 0.6) is 0 Å². The Bertz CT molecular complexity index is 1210. The number of allylic oxidation sites excluding steroid dienone is 6. The summed E-state index contributed by atoms with van der Waals surface area (Å²) < 4.78 is 59.1. The third-order valence-electron chi connectivity index (χ3n) is 11.0. The molecule has 0 amide bonds. The van der Waals surface area contributed by atoms with E-state index in [2.05, 4.69) is 54.5 Å². The first-order valence-corrected chi connectivity index (χ1v) is 25.6. The van der Waals surface area contributed by atoms with Crippen molar-refractivity contribution in [2.24, 2.45) is 0 Å². The molecule has 13 heteroatoms. The standard InChI is InChI=1S/C48H88O12S/c1-3-5-7-9-11-13-15-17-19-20-21-22-24-26-28-30-32-34-36-38-56-40-42(41-57-48-46(52)47(60-61(53,54)55)45(51)43(39-49)59-48)58-44(50)37-35-33-31-29-27-25-23-18-16-14-12-10-8-6-4-2/h13,15,18-20,23,42-43,45-49,51-52H,3-12,14,16-17,21-22,24-41H2,1-2H3,(H,53,54,55)/b15-13-,20-19-,23-18-. The Kier molecular flexibility index (Phi) is 37.5. The van der Waals surface area contributed by atoms with E-state index < -0.39 is 59.8 Å². The summed E-state index contributed by atoms with van der Waals surface area (Å²) >= 11 is 0. The molecule has 0 aromatic heterocycles. The van der Waals surface area contributed by atoms with Crippen LogP contribution < -0.4 is 0 Å². The summed E-state index contributed by atoms with van der Waals surface area (Å²) in [5.41, 5.74) is 0. The summed E-state index contributed by atoms with van der Waals surface area (Å²) in [4.78, 5) is 12.9. The topological polar surface area (TPSA) is 178 Å². The van der Waals surface area contributed by atoms with E-state index in [1.165, 1.54) is 103 Å². The van der Waals surface area contributed by atoms with Gasteiger partial charge in [-0.2, -0.15) is 8.42 Å². The van der Waals surface area contributed by atoms with Crippen LogP contribution in [0.3, 0.4) is 0 Å².